The SMILES string of the molecule is COCCN(CC(=O)NC(c1ccc(F)cc1)C1CCCC1)Cc1ccco1. The van der Waals surface area contributed by atoms with Crippen LogP contribution in [0.4, 0.5) is 4.39 Å². The molecule has 6 heteroatoms. The van der Waals surface area contributed by atoms with E-state index in [-0.39, 0.29) is 24.3 Å². The lowest BCUT2D eigenvalue weighted by Gasteiger charge is -2.27. The summed E-state index contributed by atoms with van der Waals surface area (Å²) in [5.41, 5.74) is 0.969. The highest BCUT2D eigenvalue weighted by molar-refractivity contribution is 5.78. The van der Waals surface area contributed by atoms with Gasteiger partial charge in [-0.25, -0.2) is 4.39 Å². The molecule has 1 fully saturated rings. The van der Waals surface area contributed by atoms with E-state index in [1.807, 2.05) is 17.0 Å². The fourth-order valence-corrected chi connectivity index (χ4v) is 3.91. The summed E-state index contributed by atoms with van der Waals surface area (Å²) in [5.74, 6) is 0.912. The molecule has 1 heterocycles. The molecule has 1 saturated carbocycles. The zero-order chi connectivity index (χ0) is 19.8. The number of carbonyl (C=O) groups excluding carboxylic acids is 1. The van der Waals surface area contributed by atoms with Crippen molar-refractivity contribution in [3.63, 3.8) is 0 Å². The van der Waals surface area contributed by atoms with Gasteiger partial charge in [-0.15, -0.1) is 0 Å². The van der Waals surface area contributed by atoms with Crippen LogP contribution in [0.25, 0.3) is 0 Å². The van der Waals surface area contributed by atoms with Gasteiger partial charge in [0.1, 0.15) is 11.6 Å². The summed E-state index contributed by atoms with van der Waals surface area (Å²) < 4.78 is 23.9. The van der Waals surface area contributed by atoms with E-state index in [1.54, 1.807) is 25.5 Å². The van der Waals surface area contributed by atoms with Crippen molar-refractivity contribution in [3.05, 3.63) is 59.8 Å². The van der Waals surface area contributed by atoms with E-state index in [0.29, 0.717) is 25.6 Å². The highest BCUT2D eigenvalue weighted by atomic mass is 19.1. The Morgan fingerprint density at radius 2 is 2.04 bits per heavy atom. The molecule has 1 atom stereocenters. The molecule has 0 spiro atoms. The molecule has 0 saturated heterocycles. The van der Waals surface area contributed by atoms with Crippen LogP contribution in [0.3, 0.4) is 0 Å². The van der Waals surface area contributed by atoms with E-state index in [4.69, 9.17) is 9.15 Å². The average molecular weight is 388 g/mol. The molecule has 1 N–H and O–H groups in total. The van der Waals surface area contributed by atoms with E-state index in [0.717, 1.165) is 24.2 Å². The van der Waals surface area contributed by atoms with Crippen molar-refractivity contribution in [3.8, 4) is 0 Å². The number of carbonyl (C=O) groups is 1. The van der Waals surface area contributed by atoms with E-state index in [9.17, 15) is 9.18 Å². The van der Waals surface area contributed by atoms with Gasteiger partial charge in [-0.3, -0.25) is 9.69 Å². The molecule has 1 aliphatic rings. The summed E-state index contributed by atoms with van der Waals surface area (Å²) in [6, 6.07) is 10.2. The van der Waals surface area contributed by atoms with Crippen LogP contribution in [-0.4, -0.2) is 37.6 Å². The Morgan fingerprint density at radius 1 is 1.29 bits per heavy atom. The number of halogens is 1. The van der Waals surface area contributed by atoms with Crippen molar-refractivity contribution in [1.82, 2.24) is 10.2 Å². The first-order valence-electron chi connectivity index (χ1n) is 9.94. The Morgan fingerprint density at radius 3 is 2.68 bits per heavy atom. The summed E-state index contributed by atoms with van der Waals surface area (Å²) in [6.07, 6.45) is 6.16. The van der Waals surface area contributed by atoms with Crippen LogP contribution in [0, 0.1) is 11.7 Å². The molecule has 0 aliphatic heterocycles. The fourth-order valence-electron chi connectivity index (χ4n) is 3.91. The van der Waals surface area contributed by atoms with Crippen molar-refractivity contribution in [1.29, 1.82) is 0 Å². The molecule has 2 aromatic rings. The minimum Gasteiger partial charge on any atom is -0.468 e. The molecule has 1 aliphatic carbocycles. The highest BCUT2D eigenvalue weighted by Gasteiger charge is 2.28. The molecule has 1 amide bonds. The third kappa shape index (κ3) is 5.91. The van der Waals surface area contributed by atoms with Crippen LogP contribution in [0.5, 0.6) is 0 Å². The zero-order valence-corrected chi connectivity index (χ0v) is 16.4. The number of furan rings is 1. The Labute approximate surface area is 165 Å². The third-order valence-electron chi connectivity index (χ3n) is 5.36. The lowest BCUT2D eigenvalue weighted by Crippen LogP contribution is -2.41. The predicted octanol–water partition coefficient (Wildman–Crippen LogP) is 3.91. The van der Waals surface area contributed by atoms with Crippen molar-refractivity contribution in [2.45, 2.75) is 38.3 Å². The summed E-state index contributed by atoms with van der Waals surface area (Å²) in [4.78, 5) is 14.9. The van der Waals surface area contributed by atoms with Gasteiger partial charge in [0.15, 0.2) is 0 Å². The van der Waals surface area contributed by atoms with E-state index in [1.165, 1.54) is 25.0 Å². The van der Waals surface area contributed by atoms with Crippen molar-refractivity contribution in [2.75, 3.05) is 26.8 Å². The van der Waals surface area contributed by atoms with Gasteiger partial charge in [-0.1, -0.05) is 25.0 Å². The second-order valence-electron chi connectivity index (χ2n) is 7.42. The Kier molecular flexibility index (Phi) is 7.62. The van der Waals surface area contributed by atoms with Crippen molar-refractivity contribution < 1.29 is 18.3 Å². The molecule has 0 radical (unpaired) electrons. The number of rotatable bonds is 10. The molecule has 152 valence electrons. The molecule has 1 aromatic heterocycles. The molecule has 1 aromatic carbocycles. The fraction of sp³-hybridized carbons (Fsp3) is 0.500. The molecule has 0 bridgehead atoms. The third-order valence-corrected chi connectivity index (χ3v) is 5.36. The predicted molar refractivity (Wildman–Crippen MR) is 105 cm³/mol. The number of ether oxygens (including phenoxy) is 1. The monoisotopic (exact) mass is 388 g/mol. The van der Waals surface area contributed by atoms with Crippen LogP contribution in [-0.2, 0) is 16.1 Å². The standard InChI is InChI=1S/C22H29FN2O3/c1-27-14-12-25(15-20-7-4-13-28-20)16-21(26)24-22(17-5-2-3-6-17)18-8-10-19(23)11-9-18/h4,7-11,13,17,22H,2-3,5-6,12,14-16H2,1H3,(H,24,26). The smallest absolute Gasteiger partial charge is 0.234 e. The van der Waals surface area contributed by atoms with Gasteiger partial charge in [0.05, 0.1) is 32.0 Å². The number of methoxy groups -OCH3 is 1. The molecule has 28 heavy (non-hydrogen) atoms. The second-order valence-corrected chi connectivity index (χ2v) is 7.42. The number of hydrogen-bond acceptors (Lipinski definition) is 4. The zero-order valence-electron chi connectivity index (χ0n) is 16.4. The van der Waals surface area contributed by atoms with Crippen molar-refractivity contribution >= 4 is 5.91 Å². The number of hydrogen-bond donors (Lipinski definition) is 1. The molecular weight excluding hydrogens is 359 g/mol. The minimum absolute atomic E-state index is 0.0381. The van der Waals surface area contributed by atoms with E-state index >= 15 is 0 Å². The first-order chi connectivity index (χ1) is 13.7. The Bertz CT molecular complexity index is 712. The maximum absolute atomic E-state index is 13.3. The lowest BCUT2D eigenvalue weighted by molar-refractivity contribution is -0.123. The van der Waals surface area contributed by atoms with Gasteiger partial charge in [-0.05, 0) is 48.6 Å². The van der Waals surface area contributed by atoms with Crippen LogP contribution in [0.1, 0.15) is 43.0 Å². The average Bonchev–Trinajstić information content (AvgIpc) is 3.39. The summed E-state index contributed by atoms with van der Waals surface area (Å²) in [5, 5.41) is 3.21. The number of benzene rings is 1. The maximum atomic E-state index is 13.3. The molecule has 1 unspecified atom stereocenters. The molecular formula is C22H29FN2O3. The Hall–Kier alpha value is -2.18. The maximum Gasteiger partial charge on any atom is 0.234 e. The van der Waals surface area contributed by atoms with Crippen LogP contribution in [0.15, 0.2) is 47.1 Å². The second kappa shape index (κ2) is 10.4. The summed E-state index contributed by atoms with van der Waals surface area (Å²) in [6.45, 7) is 1.98. The van der Waals surface area contributed by atoms with Gasteiger partial charge in [0.2, 0.25) is 5.91 Å². The number of nitrogens with zero attached hydrogens (tertiary/aromatic N) is 1. The van der Waals surface area contributed by atoms with Crippen LogP contribution >= 0.6 is 0 Å². The largest absolute Gasteiger partial charge is 0.468 e. The lowest BCUT2D eigenvalue weighted by atomic mass is 9.91. The Balaban J connectivity index is 1.66. The van der Waals surface area contributed by atoms with Gasteiger partial charge < -0.3 is 14.5 Å². The van der Waals surface area contributed by atoms with Gasteiger partial charge >= 0.3 is 0 Å². The van der Waals surface area contributed by atoms with Gasteiger partial charge in [-0.2, -0.15) is 0 Å². The van der Waals surface area contributed by atoms with Gasteiger partial charge in [0.25, 0.3) is 0 Å². The minimum atomic E-state index is -0.260. The van der Waals surface area contributed by atoms with Crippen LogP contribution < -0.4 is 5.32 Å². The molecule has 3 rings (SSSR count). The first kappa shape index (κ1) is 20.6. The first-order valence-corrected chi connectivity index (χ1v) is 9.94. The topological polar surface area (TPSA) is 54.7 Å². The number of amides is 1. The quantitative estimate of drug-likeness (QED) is 0.670. The van der Waals surface area contributed by atoms with E-state index in [2.05, 4.69) is 5.32 Å². The summed E-state index contributed by atoms with van der Waals surface area (Å²) in [7, 11) is 1.65. The van der Waals surface area contributed by atoms with Crippen LogP contribution in [0.2, 0.25) is 0 Å². The number of nitrogens with one attached hydrogen (secondary N) is 1. The van der Waals surface area contributed by atoms with E-state index < -0.39 is 0 Å². The molecule has 5 nitrogen and oxygen atoms in total. The summed E-state index contributed by atoms with van der Waals surface area (Å²) >= 11 is 0. The van der Waals surface area contributed by atoms with Crippen molar-refractivity contribution in [2.24, 2.45) is 5.92 Å². The highest BCUT2D eigenvalue weighted by Crippen LogP contribution is 2.35. The normalized spacial score (nSPS) is 15.8. The van der Waals surface area contributed by atoms with Gasteiger partial charge in [0, 0.05) is 13.7 Å².